The van der Waals surface area contributed by atoms with Gasteiger partial charge in [0.05, 0.1) is 17.6 Å². The average molecular weight is 578 g/mol. The summed E-state index contributed by atoms with van der Waals surface area (Å²) in [5.74, 6) is 0. The zero-order valence-corrected chi connectivity index (χ0v) is 25.5. The Bertz CT molecular complexity index is 2460. The number of benzene rings is 6. The molecule has 0 bridgehead atoms. The first-order chi connectivity index (χ1) is 21.9. The molecule has 2 heterocycles. The fourth-order valence-electron chi connectivity index (χ4n) is 6.87. The summed E-state index contributed by atoms with van der Waals surface area (Å²) >= 11 is 0. The Morgan fingerprint density at radius 3 is 1.93 bits per heavy atom. The molecule has 45 heavy (non-hydrogen) atoms. The molecule has 214 valence electrons. The largest absolute Gasteiger partial charge is 0.309 e. The zero-order chi connectivity index (χ0) is 30.7. The van der Waals surface area contributed by atoms with Crippen molar-refractivity contribution >= 4 is 49.0 Å². The number of pyridine rings is 1. The third-order valence-corrected chi connectivity index (χ3v) is 9.02. The van der Waals surface area contributed by atoms with Crippen molar-refractivity contribution in [1.82, 2.24) is 9.55 Å². The van der Waals surface area contributed by atoms with Crippen LogP contribution in [0.3, 0.4) is 0 Å². The molecule has 6 aromatic carbocycles. The van der Waals surface area contributed by atoms with Gasteiger partial charge in [-0.1, -0.05) is 93.6 Å². The summed E-state index contributed by atoms with van der Waals surface area (Å²) in [6.45, 7) is 14.5. The molecule has 0 N–H and O–H groups in total. The van der Waals surface area contributed by atoms with Gasteiger partial charge in [0.1, 0.15) is 0 Å². The number of para-hydroxylation sites is 1. The molecule has 0 radical (unpaired) electrons. The van der Waals surface area contributed by atoms with E-state index in [1.54, 1.807) is 0 Å². The van der Waals surface area contributed by atoms with Crippen molar-refractivity contribution in [1.29, 1.82) is 0 Å². The smallest absolute Gasteiger partial charge is 0.188 e. The van der Waals surface area contributed by atoms with Gasteiger partial charge in [-0.05, 0) is 103 Å². The number of fused-ring (bicyclic) bond motifs is 5. The Kier molecular flexibility index (Phi) is 6.08. The monoisotopic (exact) mass is 577 g/mol. The van der Waals surface area contributed by atoms with E-state index in [0.29, 0.717) is 5.69 Å². The van der Waals surface area contributed by atoms with Crippen LogP contribution in [0.25, 0.3) is 76.1 Å². The lowest BCUT2D eigenvalue weighted by Gasteiger charge is -2.23. The standard InChI is InChI=1S/C42H31N3/c1-42(2,3)29-17-19-34-37(24-29)41(28-11-10-22-44-26-28)33-15-9-8-14-32(33)40(34)27-16-20-38-35(23-27)36-25-30(43-4)18-21-39(36)45(38)31-12-6-5-7-13-31/h5-26H,1-3H3. The molecule has 8 rings (SSSR count). The van der Waals surface area contributed by atoms with Crippen LogP contribution in [0.2, 0.25) is 0 Å². The number of hydrogen-bond acceptors (Lipinski definition) is 1. The van der Waals surface area contributed by atoms with Gasteiger partial charge in [0.15, 0.2) is 5.69 Å². The minimum atomic E-state index is 0.00495. The second-order valence-electron chi connectivity index (χ2n) is 12.8. The molecule has 3 nitrogen and oxygen atoms in total. The van der Waals surface area contributed by atoms with Crippen molar-refractivity contribution in [2.45, 2.75) is 26.2 Å². The maximum Gasteiger partial charge on any atom is 0.188 e. The van der Waals surface area contributed by atoms with Gasteiger partial charge in [0.2, 0.25) is 0 Å². The molecule has 8 aromatic rings. The highest BCUT2D eigenvalue weighted by molar-refractivity contribution is 6.22. The summed E-state index contributed by atoms with van der Waals surface area (Å²) in [5.41, 5.74) is 9.98. The van der Waals surface area contributed by atoms with Crippen LogP contribution in [-0.2, 0) is 5.41 Å². The molecule has 0 spiro atoms. The lowest BCUT2D eigenvalue weighted by atomic mass is 9.81. The highest BCUT2D eigenvalue weighted by Crippen LogP contribution is 2.46. The predicted molar refractivity (Wildman–Crippen MR) is 189 cm³/mol. The van der Waals surface area contributed by atoms with Crippen molar-refractivity contribution in [3.8, 4) is 27.9 Å². The second-order valence-corrected chi connectivity index (χ2v) is 12.8. The highest BCUT2D eigenvalue weighted by Gasteiger charge is 2.21. The molecule has 0 saturated heterocycles. The number of rotatable bonds is 3. The lowest BCUT2D eigenvalue weighted by Crippen LogP contribution is -2.10. The molecular weight excluding hydrogens is 546 g/mol. The fourth-order valence-corrected chi connectivity index (χ4v) is 6.87. The quantitative estimate of drug-likeness (QED) is 0.151. The summed E-state index contributed by atoms with van der Waals surface area (Å²) in [6, 6.07) is 43.3. The van der Waals surface area contributed by atoms with Crippen LogP contribution in [0.1, 0.15) is 26.3 Å². The normalized spacial score (nSPS) is 11.9. The highest BCUT2D eigenvalue weighted by atomic mass is 15.0. The molecule has 3 heteroatoms. The van der Waals surface area contributed by atoms with Gasteiger partial charge in [-0.3, -0.25) is 4.98 Å². The number of aromatic nitrogens is 2. The molecule has 0 unspecified atom stereocenters. The molecule has 0 fully saturated rings. The van der Waals surface area contributed by atoms with Crippen LogP contribution >= 0.6 is 0 Å². The minimum Gasteiger partial charge on any atom is -0.309 e. The van der Waals surface area contributed by atoms with E-state index in [0.717, 1.165) is 38.6 Å². The van der Waals surface area contributed by atoms with Crippen LogP contribution < -0.4 is 0 Å². The molecule has 0 aliphatic heterocycles. The van der Waals surface area contributed by atoms with Crippen LogP contribution in [0.5, 0.6) is 0 Å². The van der Waals surface area contributed by atoms with E-state index in [-0.39, 0.29) is 5.41 Å². The second kappa shape index (κ2) is 10.2. The summed E-state index contributed by atoms with van der Waals surface area (Å²) < 4.78 is 2.31. The summed E-state index contributed by atoms with van der Waals surface area (Å²) in [5, 5.41) is 7.08. The van der Waals surface area contributed by atoms with Gasteiger partial charge in [-0.15, -0.1) is 0 Å². The van der Waals surface area contributed by atoms with E-state index in [9.17, 15) is 0 Å². The lowest BCUT2D eigenvalue weighted by molar-refractivity contribution is 0.591. The van der Waals surface area contributed by atoms with Gasteiger partial charge < -0.3 is 4.57 Å². The van der Waals surface area contributed by atoms with Crippen molar-refractivity contribution in [3.63, 3.8) is 0 Å². The molecule has 0 saturated carbocycles. The SMILES string of the molecule is [C-]#[N+]c1ccc2c(c1)c1cc(-c3c4ccccc4c(-c4cccnc4)c4cc(C(C)(C)C)ccc34)ccc1n2-c1ccccc1. The summed E-state index contributed by atoms with van der Waals surface area (Å²) in [6.07, 6.45) is 3.81. The van der Waals surface area contributed by atoms with E-state index in [1.165, 1.54) is 38.2 Å². The van der Waals surface area contributed by atoms with Gasteiger partial charge >= 0.3 is 0 Å². The molecule has 0 aliphatic carbocycles. The van der Waals surface area contributed by atoms with Crippen molar-refractivity contribution < 1.29 is 0 Å². The van der Waals surface area contributed by atoms with E-state index >= 15 is 0 Å². The first-order valence-electron chi connectivity index (χ1n) is 15.3. The van der Waals surface area contributed by atoms with Crippen LogP contribution in [-0.4, -0.2) is 9.55 Å². The maximum atomic E-state index is 7.72. The van der Waals surface area contributed by atoms with Crippen molar-refractivity contribution in [2.75, 3.05) is 0 Å². The van der Waals surface area contributed by atoms with Crippen LogP contribution in [0.4, 0.5) is 5.69 Å². The van der Waals surface area contributed by atoms with E-state index < -0.39 is 0 Å². The fraction of sp³-hybridized carbons (Fsp3) is 0.0952. The van der Waals surface area contributed by atoms with Gasteiger partial charge in [0.25, 0.3) is 0 Å². The molecule has 0 atom stereocenters. The Morgan fingerprint density at radius 1 is 0.578 bits per heavy atom. The van der Waals surface area contributed by atoms with Crippen LogP contribution in [0, 0.1) is 6.57 Å². The Hall–Kier alpha value is -5.72. The maximum absolute atomic E-state index is 7.72. The van der Waals surface area contributed by atoms with Gasteiger partial charge in [0, 0.05) is 29.0 Å². The van der Waals surface area contributed by atoms with Gasteiger partial charge in [-0.25, -0.2) is 4.85 Å². The topological polar surface area (TPSA) is 22.2 Å². The minimum absolute atomic E-state index is 0.00495. The van der Waals surface area contributed by atoms with E-state index in [2.05, 4.69) is 132 Å². The third kappa shape index (κ3) is 4.30. The van der Waals surface area contributed by atoms with Crippen LogP contribution in [0.15, 0.2) is 134 Å². The van der Waals surface area contributed by atoms with Crippen molar-refractivity contribution in [3.05, 3.63) is 151 Å². The Morgan fingerprint density at radius 2 is 1.24 bits per heavy atom. The predicted octanol–water partition coefficient (Wildman–Crippen LogP) is 11.7. The summed E-state index contributed by atoms with van der Waals surface area (Å²) in [7, 11) is 0. The Labute approximate surface area is 262 Å². The molecule has 0 aliphatic rings. The molecule has 2 aromatic heterocycles. The first kappa shape index (κ1) is 26.9. The Balaban J connectivity index is 1.50. The van der Waals surface area contributed by atoms with E-state index in [1.807, 2.05) is 36.7 Å². The molecular formula is C42H31N3. The average Bonchev–Trinajstić information content (AvgIpc) is 3.40. The molecule has 0 amide bonds. The zero-order valence-electron chi connectivity index (χ0n) is 25.5. The van der Waals surface area contributed by atoms with E-state index in [4.69, 9.17) is 6.57 Å². The van der Waals surface area contributed by atoms with Crippen molar-refractivity contribution in [2.24, 2.45) is 0 Å². The number of hydrogen-bond donors (Lipinski definition) is 0. The third-order valence-electron chi connectivity index (χ3n) is 9.02. The first-order valence-corrected chi connectivity index (χ1v) is 15.3. The number of nitrogens with zero attached hydrogens (tertiary/aromatic N) is 3. The summed E-state index contributed by atoms with van der Waals surface area (Å²) in [4.78, 5) is 8.28. The van der Waals surface area contributed by atoms with Gasteiger partial charge in [-0.2, -0.15) is 0 Å².